The number of carbonyl (C=O) groups is 1. The quantitative estimate of drug-likeness (QED) is 0.351. The number of amides is 1. The SMILES string of the molecule is C=C1CC(C2=CCC=C2)(c2cccc(CC3CCCc4cc(F)ccc43)n2)NC(=O)C1Cc1ccccc1C. The lowest BCUT2D eigenvalue weighted by Gasteiger charge is -2.42. The molecule has 3 aromatic rings. The van der Waals surface area contributed by atoms with Crippen LogP contribution in [0.5, 0.6) is 0 Å². The molecule has 3 unspecified atom stereocenters. The minimum absolute atomic E-state index is 0.00569. The number of nitrogens with zero attached hydrogens (tertiary/aromatic N) is 1. The van der Waals surface area contributed by atoms with Gasteiger partial charge in [0.05, 0.1) is 11.6 Å². The number of carbonyl (C=O) groups excluding carboxylic acids is 1. The van der Waals surface area contributed by atoms with E-state index in [9.17, 15) is 9.18 Å². The van der Waals surface area contributed by atoms with Gasteiger partial charge in [-0.1, -0.05) is 66.8 Å². The molecule has 1 aromatic heterocycles. The topological polar surface area (TPSA) is 42.0 Å². The highest BCUT2D eigenvalue weighted by atomic mass is 19.1. The van der Waals surface area contributed by atoms with Gasteiger partial charge in [-0.3, -0.25) is 9.78 Å². The summed E-state index contributed by atoms with van der Waals surface area (Å²) in [5.41, 5.74) is 7.88. The molecule has 2 heterocycles. The van der Waals surface area contributed by atoms with Crippen molar-refractivity contribution in [2.75, 3.05) is 0 Å². The standard InChI is InChI=1S/C35H35FN2O/c1-23-9-3-4-10-25(23)21-32-24(2)22-35(38-34(32)39,28-13-5-6-14-28)33-16-8-15-30(37-33)20-27-12-7-11-26-19-29(36)17-18-31(26)27/h3-5,8-10,13-19,27,32H,2,6-7,11-12,20-22H2,1H3,(H,38,39). The summed E-state index contributed by atoms with van der Waals surface area (Å²) in [6.07, 6.45) is 12.4. The maximum atomic E-state index is 13.9. The molecule has 0 saturated carbocycles. The smallest absolute Gasteiger partial charge is 0.228 e. The average Bonchev–Trinajstić information content (AvgIpc) is 3.48. The van der Waals surface area contributed by atoms with Crippen molar-refractivity contribution in [2.24, 2.45) is 5.92 Å². The number of rotatable bonds is 6. The largest absolute Gasteiger partial charge is 0.340 e. The molecule has 2 aliphatic carbocycles. The Labute approximate surface area is 230 Å². The van der Waals surface area contributed by atoms with E-state index in [0.717, 1.165) is 60.2 Å². The number of hydrogen-bond donors (Lipinski definition) is 1. The van der Waals surface area contributed by atoms with Crippen LogP contribution in [-0.2, 0) is 29.6 Å². The Balaban J connectivity index is 1.31. The summed E-state index contributed by atoms with van der Waals surface area (Å²) in [6, 6.07) is 19.6. The molecule has 3 nitrogen and oxygen atoms in total. The Bertz CT molecular complexity index is 1480. The highest BCUT2D eigenvalue weighted by molar-refractivity contribution is 5.85. The minimum Gasteiger partial charge on any atom is -0.340 e. The van der Waals surface area contributed by atoms with Gasteiger partial charge < -0.3 is 5.32 Å². The average molecular weight is 519 g/mol. The molecule has 0 radical (unpaired) electrons. The van der Waals surface area contributed by atoms with Crippen LogP contribution in [0.1, 0.15) is 65.2 Å². The summed E-state index contributed by atoms with van der Waals surface area (Å²) < 4.78 is 13.9. The van der Waals surface area contributed by atoms with E-state index in [0.29, 0.717) is 18.8 Å². The van der Waals surface area contributed by atoms with E-state index in [1.54, 1.807) is 12.1 Å². The van der Waals surface area contributed by atoms with Gasteiger partial charge in [0.15, 0.2) is 0 Å². The van der Waals surface area contributed by atoms with Crippen molar-refractivity contribution in [1.82, 2.24) is 10.3 Å². The van der Waals surface area contributed by atoms with Crippen molar-refractivity contribution in [3.63, 3.8) is 0 Å². The molecule has 6 rings (SSSR count). The lowest BCUT2D eigenvalue weighted by atomic mass is 9.72. The van der Waals surface area contributed by atoms with Crippen molar-refractivity contribution in [1.29, 1.82) is 0 Å². The van der Waals surface area contributed by atoms with Crippen molar-refractivity contribution in [2.45, 2.75) is 63.3 Å². The highest BCUT2D eigenvalue weighted by Gasteiger charge is 2.46. The first-order valence-corrected chi connectivity index (χ1v) is 14.1. The maximum Gasteiger partial charge on any atom is 0.228 e. The number of aryl methyl sites for hydroxylation is 2. The number of pyridine rings is 1. The van der Waals surface area contributed by atoms with Gasteiger partial charge in [0.25, 0.3) is 0 Å². The molecule has 198 valence electrons. The van der Waals surface area contributed by atoms with Gasteiger partial charge in [-0.25, -0.2) is 4.39 Å². The number of fused-ring (bicyclic) bond motifs is 1. The molecule has 3 atom stereocenters. The second-order valence-corrected chi connectivity index (χ2v) is 11.4. The number of hydrogen-bond acceptors (Lipinski definition) is 2. The van der Waals surface area contributed by atoms with Gasteiger partial charge in [0, 0.05) is 12.1 Å². The maximum absolute atomic E-state index is 13.9. The van der Waals surface area contributed by atoms with Crippen LogP contribution in [0, 0.1) is 18.7 Å². The predicted molar refractivity (Wildman–Crippen MR) is 154 cm³/mol. The predicted octanol–water partition coefficient (Wildman–Crippen LogP) is 7.21. The van der Waals surface area contributed by atoms with Crippen LogP contribution in [0.4, 0.5) is 4.39 Å². The first kappa shape index (κ1) is 25.5. The lowest BCUT2D eigenvalue weighted by Crippen LogP contribution is -2.54. The third-order valence-electron chi connectivity index (χ3n) is 8.83. The number of piperidine rings is 1. The van der Waals surface area contributed by atoms with E-state index in [-0.39, 0.29) is 17.6 Å². The number of benzene rings is 2. The third kappa shape index (κ3) is 4.89. The molecular formula is C35H35FN2O. The highest BCUT2D eigenvalue weighted by Crippen LogP contribution is 2.43. The Morgan fingerprint density at radius 3 is 2.77 bits per heavy atom. The summed E-state index contributed by atoms with van der Waals surface area (Å²) in [7, 11) is 0. The second-order valence-electron chi connectivity index (χ2n) is 11.4. The molecule has 3 aliphatic rings. The summed E-state index contributed by atoms with van der Waals surface area (Å²) in [4.78, 5) is 18.9. The summed E-state index contributed by atoms with van der Waals surface area (Å²) in [5, 5.41) is 3.44. The van der Waals surface area contributed by atoms with Gasteiger partial charge in [-0.05, 0) is 103 Å². The van der Waals surface area contributed by atoms with E-state index in [4.69, 9.17) is 4.98 Å². The van der Waals surface area contributed by atoms with E-state index >= 15 is 0 Å². The fourth-order valence-corrected chi connectivity index (χ4v) is 6.72. The molecule has 1 N–H and O–H groups in total. The normalized spacial score (nSPS) is 24.3. The van der Waals surface area contributed by atoms with Gasteiger partial charge in [0.1, 0.15) is 11.4 Å². The lowest BCUT2D eigenvalue weighted by molar-refractivity contribution is -0.127. The number of halogens is 1. The molecule has 2 aromatic carbocycles. The van der Waals surface area contributed by atoms with Crippen LogP contribution in [0.3, 0.4) is 0 Å². The molecule has 1 aliphatic heterocycles. The second kappa shape index (κ2) is 10.4. The van der Waals surface area contributed by atoms with Crippen LogP contribution in [0.2, 0.25) is 0 Å². The zero-order chi connectivity index (χ0) is 27.0. The third-order valence-corrected chi connectivity index (χ3v) is 8.83. The number of allylic oxidation sites excluding steroid dienone is 2. The fraction of sp³-hybridized carbons (Fsp3) is 0.314. The van der Waals surface area contributed by atoms with E-state index in [1.807, 2.05) is 24.3 Å². The monoisotopic (exact) mass is 518 g/mol. The zero-order valence-electron chi connectivity index (χ0n) is 22.6. The molecule has 0 bridgehead atoms. The molecule has 0 spiro atoms. The molecule has 39 heavy (non-hydrogen) atoms. The van der Waals surface area contributed by atoms with E-state index in [1.165, 1.54) is 16.7 Å². The first-order chi connectivity index (χ1) is 18.9. The number of nitrogens with one attached hydrogen (secondary N) is 1. The Hall–Kier alpha value is -3.79. The fourth-order valence-electron chi connectivity index (χ4n) is 6.72. The van der Waals surface area contributed by atoms with Crippen molar-refractivity contribution in [3.8, 4) is 0 Å². The molecule has 1 saturated heterocycles. The van der Waals surface area contributed by atoms with Gasteiger partial charge >= 0.3 is 0 Å². The van der Waals surface area contributed by atoms with Gasteiger partial charge in [-0.15, -0.1) is 0 Å². The van der Waals surface area contributed by atoms with Crippen LogP contribution in [-0.4, -0.2) is 10.9 Å². The Kier molecular flexibility index (Phi) is 6.80. The van der Waals surface area contributed by atoms with Crippen LogP contribution >= 0.6 is 0 Å². The van der Waals surface area contributed by atoms with Crippen molar-refractivity contribution in [3.05, 3.63) is 136 Å². The van der Waals surface area contributed by atoms with Crippen molar-refractivity contribution < 1.29 is 9.18 Å². The molecular weight excluding hydrogens is 483 g/mol. The Morgan fingerprint density at radius 1 is 1.10 bits per heavy atom. The zero-order valence-corrected chi connectivity index (χ0v) is 22.6. The first-order valence-electron chi connectivity index (χ1n) is 14.1. The van der Waals surface area contributed by atoms with Crippen LogP contribution in [0.25, 0.3) is 0 Å². The van der Waals surface area contributed by atoms with Crippen LogP contribution in [0.15, 0.2) is 96.6 Å². The minimum atomic E-state index is -0.729. The van der Waals surface area contributed by atoms with Crippen molar-refractivity contribution >= 4 is 5.91 Å². The van der Waals surface area contributed by atoms with E-state index < -0.39 is 5.54 Å². The van der Waals surface area contributed by atoms with Gasteiger partial charge in [-0.2, -0.15) is 0 Å². The molecule has 1 amide bonds. The van der Waals surface area contributed by atoms with Crippen LogP contribution < -0.4 is 5.32 Å². The summed E-state index contributed by atoms with van der Waals surface area (Å²) in [6.45, 7) is 6.53. The summed E-state index contributed by atoms with van der Waals surface area (Å²) >= 11 is 0. The van der Waals surface area contributed by atoms with E-state index in [2.05, 4.69) is 61.3 Å². The molecule has 1 fully saturated rings. The summed E-state index contributed by atoms with van der Waals surface area (Å²) in [5.74, 6) is -0.116. The molecule has 4 heteroatoms. The Morgan fingerprint density at radius 2 is 1.97 bits per heavy atom. The van der Waals surface area contributed by atoms with Gasteiger partial charge in [0.2, 0.25) is 5.91 Å². The number of aromatic nitrogens is 1.